The Kier molecular flexibility index (Phi) is 7.70. The van der Waals surface area contributed by atoms with Crippen molar-refractivity contribution in [3.05, 3.63) is 47.3 Å². The van der Waals surface area contributed by atoms with Gasteiger partial charge in [-0.3, -0.25) is 9.67 Å². The van der Waals surface area contributed by atoms with Gasteiger partial charge >= 0.3 is 0 Å². The van der Waals surface area contributed by atoms with E-state index >= 15 is 0 Å². The lowest BCUT2D eigenvalue weighted by molar-refractivity contribution is 0.191. The van der Waals surface area contributed by atoms with Crippen LogP contribution >= 0.6 is 0 Å². The molecule has 0 saturated carbocycles. The molecule has 0 aliphatic rings. The molecule has 1 aromatic heterocycles. The summed E-state index contributed by atoms with van der Waals surface area (Å²) < 4.78 is 8.08. The van der Waals surface area contributed by atoms with Crippen molar-refractivity contribution in [3.8, 4) is 5.75 Å². The lowest BCUT2D eigenvalue weighted by Crippen LogP contribution is -2.36. The second-order valence-electron chi connectivity index (χ2n) is 7.39. The van der Waals surface area contributed by atoms with E-state index in [0.29, 0.717) is 19.0 Å². The molecule has 0 aliphatic carbocycles. The van der Waals surface area contributed by atoms with Crippen molar-refractivity contribution in [2.75, 3.05) is 7.05 Å². The van der Waals surface area contributed by atoms with Crippen LogP contribution in [0.1, 0.15) is 44.0 Å². The fourth-order valence-corrected chi connectivity index (χ4v) is 2.99. The van der Waals surface area contributed by atoms with E-state index in [1.54, 1.807) is 13.2 Å². The monoisotopic (exact) mass is 371 g/mol. The van der Waals surface area contributed by atoms with Gasteiger partial charge < -0.3 is 15.4 Å². The van der Waals surface area contributed by atoms with Gasteiger partial charge in [0.15, 0.2) is 5.96 Å². The Morgan fingerprint density at radius 1 is 1.19 bits per heavy atom. The third-order valence-corrected chi connectivity index (χ3v) is 4.38. The average Bonchev–Trinajstić information content (AvgIpc) is 3.01. The van der Waals surface area contributed by atoms with Gasteiger partial charge in [-0.05, 0) is 43.9 Å². The van der Waals surface area contributed by atoms with E-state index in [9.17, 15) is 0 Å². The van der Waals surface area contributed by atoms with Gasteiger partial charge in [-0.2, -0.15) is 5.10 Å². The number of rotatable bonds is 8. The highest BCUT2D eigenvalue weighted by Gasteiger charge is 2.11. The maximum atomic E-state index is 6.23. The van der Waals surface area contributed by atoms with Gasteiger partial charge in [0.05, 0.1) is 18.3 Å². The Morgan fingerprint density at radius 2 is 1.93 bits per heavy atom. The SMILES string of the molecule is CN=C(NCc1ccc(C)cc1OC(C)CC(C)C)NCc1ccnn1C. The van der Waals surface area contributed by atoms with Crippen LogP contribution in [0.2, 0.25) is 0 Å². The summed E-state index contributed by atoms with van der Waals surface area (Å²) in [6, 6.07) is 8.33. The van der Waals surface area contributed by atoms with Gasteiger partial charge in [0.25, 0.3) is 0 Å². The van der Waals surface area contributed by atoms with Gasteiger partial charge in [0.2, 0.25) is 0 Å². The van der Waals surface area contributed by atoms with Gasteiger partial charge in [0.1, 0.15) is 5.75 Å². The molecule has 148 valence electrons. The Morgan fingerprint density at radius 3 is 2.56 bits per heavy atom. The highest BCUT2D eigenvalue weighted by atomic mass is 16.5. The van der Waals surface area contributed by atoms with Gasteiger partial charge in [-0.25, -0.2) is 0 Å². The number of aryl methyl sites for hydroxylation is 2. The molecule has 6 nitrogen and oxygen atoms in total. The molecule has 0 aliphatic heterocycles. The van der Waals surface area contributed by atoms with Gasteiger partial charge in [-0.15, -0.1) is 0 Å². The number of benzene rings is 1. The minimum Gasteiger partial charge on any atom is -0.490 e. The van der Waals surface area contributed by atoms with Crippen LogP contribution in [0.15, 0.2) is 35.5 Å². The standard InChI is InChI=1S/C21H33N5O/c1-15(2)11-17(4)27-20-12-16(3)7-8-18(20)13-23-21(22-5)24-14-19-9-10-25-26(19)6/h7-10,12,15,17H,11,13-14H2,1-6H3,(H2,22,23,24). The van der Waals surface area contributed by atoms with Crippen molar-refractivity contribution in [2.24, 2.45) is 18.0 Å². The predicted molar refractivity (Wildman–Crippen MR) is 111 cm³/mol. The molecule has 0 amide bonds. The van der Waals surface area contributed by atoms with Gasteiger partial charge in [-0.1, -0.05) is 26.0 Å². The van der Waals surface area contributed by atoms with Crippen LogP contribution in [0.25, 0.3) is 0 Å². The van der Waals surface area contributed by atoms with Crippen molar-refractivity contribution in [3.63, 3.8) is 0 Å². The number of guanidine groups is 1. The fourth-order valence-electron chi connectivity index (χ4n) is 2.99. The van der Waals surface area contributed by atoms with Crippen molar-refractivity contribution < 1.29 is 4.74 Å². The molecule has 0 fully saturated rings. The maximum absolute atomic E-state index is 6.23. The topological polar surface area (TPSA) is 63.5 Å². The van der Waals surface area contributed by atoms with Crippen LogP contribution in [-0.4, -0.2) is 28.9 Å². The summed E-state index contributed by atoms with van der Waals surface area (Å²) in [4.78, 5) is 4.30. The molecule has 6 heteroatoms. The van der Waals surface area contributed by atoms with E-state index in [2.05, 4.69) is 66.6 Å². The third-order valence-electron chi connectivity index (χ3n) is 4.38. The molecule has 0 saturated heterocycles. The summed E-state index contributed by atoms with van der Waals surface area (Å²) in [6.07, 6.45) is 3.02. The first-order chi connectivity index (χ1) is 12.9. The van der Waals surface area contributed by atoms with E-state index in [1.165, 1.54) is 5.56 Å². The van der Waals surface area contributed by atoms with Crippen LogP contribution in [-0.2, 0) is 20.1 Å². The highest BCUT2D eigenvalue weighted by Crippen LogP contribution is 2.23. The maximum Gasteiger partial charge on any atom is 0.191 e. The normalized spacial score (nSPS) is 12.9. The summed E-state index contributed by atoms with van der Waals surface area (Å²) in [7, 11) is 3.71. The zero-order valence-electron chi connectivity index (χ0n) is 17.4. The molecule has 2 N–H and O–H groups in total. The first-order valence-corrected chi connectivity index (χ1v) is 9.56. The van der Waals surface area contributed by atoms with Gasteiger partial charge in [0, 0.05) is 32.4 Å². The summed E-state index contributed by atoms with van der Waals surface area (Å²) in [5.74, 6) is 2.30. The molecule has 1 aromatic carbocycles. The van der Waals surface area contributed by atoms with E-state index in [0.717, 1.165) is 29.4 Å². The number of hydrogen-bond acceptors (Lipinski definition) is 3. The van der Waals surface area contributed by atoms with E-state index in [4.69, 9.17) is 4.74 Å². The van der Waals surface area contributed by atoms with Crippen molar-refractivity contribution >= 4 is 5.96 Å². The molecule has 0 spiro atoms. The summed E-state index contributed by atoms with van der Waals surface area (Å²) >= 11 is 0. The van der Waals surface area contributed by atoms with E-state index < -0.39 is 0 Å². The number of aromatic nitrogens is 2. The Balaban J connectivity index is 1.97. The molecular weight excluding hydrogens is 338 g/mol. The predicted octanol–water partition coefficient (Wildman–Crippen LogP) is 3.41. The summed E-state index contributed by atoms with van der Waals surface area (Å²) in [5.41, 5.74) is 3.42. The van der Waals surface area contributed by atoms with Crippen molar-refractivity contribution in [1.82, 2.24) is 20.4 Å². The number of aliphatic imine (C=N–C) groups is 1. The summed E-state index contributed by atoms with van der Waals surface area (Å²) in [5, 5.41) is 10.9. The smallest absolute Gasteiger partial charge is 0.191 e. The molecule has 1 atom stereocenters. The number of ether oxygens (including phenoxy) is 1. The van der Waals surface area contributed by atoms with Crippen LogP contribution in [0.3, 0.4) is 0 Å². The molecule has 2 aromatic rings. The van der Waals surface area contributed by atoms with Crippen LogP contribution in [0, 0.1) is 12.8 Å². The number of nitrogens with one attached hydrogen (secondary N) is 2. The molecule has 2 rings (SSSR count). The van der Waals surface area contributed by atoms with Crippen molar-refractivity contribution in [1.29, 1.82) is 0 Å². The minimum atomic E-state index is 0.188. The largest absolute Gasteiger partial charge is 0.490 e. The minimum absolute atomic E-state index is 0.188. The zero-order chi connectivity index (χ0) is 19.8. The fraction of sp³-hybridized carbons (Fsp3) is 0.524. The highest BCUT2D eigenvalue weighted by molar-refractivity contribution is 5.79. The molecule has 0 bridgehead atoms. The van der Waals surface area contributed by atoms with Crippen LogP contribution in [0.5, 0.6) is 5.75 Å². The molecule has 1 unspecified atom stereocenters. The second kappa shape index (κ2) is 10.00. The second-order valence-corrected chi connectivity index (χ2v) is 7.39. The van der Waals surface area contributed by atoms with Crippen molar-refractivity contribution in [2.45, 2.75) is 53.3 Å². The number of nitrogens with zero attached hydrogens (tertiary/aromatic N) is 3. The lowest BCUT2D eigenvalue weighted by atomic mass is 10.1. The molecule has 1 heterocycles. The third kappa shape index (κ3) is 6.62. The van der Waals surface area contributed by atoms with Crippen LogP contribution in [0.4, 0.5) is 0 Å². The first kappa shape index (κ1) is 20.8. The number of hydrogen-bond donors (Lipinski definition) is 2. The van der Waals surface area contributed by atoms with E-state index in [-0.39, 0.29) is 6.10 Å². The molecule has 27 heavy (non-hydrogen) atoms. The Hall–Kier alpha value is -2.50. The zero-order valence-corrected chi connectivity index (χ0v) is 17.4. The summed E-state index contributed by atoms with van der Waals surface area (Å²) in [6.45, 7) is 9.97. The Labute approximate surface area is 163 Å². The lowest BCUT2D eigenvalue weighted by Gasteiger charge is -2.20. The first-order valence-electron chi connectivity index (χ1n) is 9.56. The Bertz CT molecular complexity index is 751. The molecular formula is C21H33N5O. The van der Waals surface area contributed by atoms with E-state index in [1.807, 2.05) is 17.8 Å². The average molecular weight is 372 g/mol. The quantitative estimate of drug-likeness (QED) is 0.551. The molecule has 0 radical (unpaired) electrons. The van der Waals surface area contributed by atoms with Crippen LogP contribution < -0.4 is 15.4 Å².